The van der Waals surface area contributed by atoms with E-state index >= 15 is 0 Å². The van der Waals surface area contributed by atoms with Gasteiger partial charge in [-0.15, -0.1) is 0 Å². The Labute approximate surface area is 265 Å². The minimum Gasteiger partial charge on any atom is -0.461 e. The van der Waals surface area contributed by atoms with Crippen molar-refractivity contribution in [1.82, 2.24) is 0 Å². The van der Waals surface area contributed by atoms with Gasteiger partial charge in [0.15, 0.2) is 0 Å². The third kappa shape index (κ3) is 9.37. The lowest BCUT2D eigenvalue weighted by Crippen LogP contribution is -2.48. The largest absolute Gasteiger partial charge is 0.461 e. The Balaban J connectivity index is 1.53. The van der Waals surface area contributed by atoms with Crippen molar-refractivity contribution in [2.24, 2.45) is 0 Å². The first-order valence-electron chi connectivity index (χ1n) is 15.7. The number of carbonyl (C=O) groups excluding carboxylic acids is 2. The summed E-state index contributed by atoms with van der Waals surface area (Å²) in [6, 6.07) is 40.9. The Kier molecular flexibility index (Phi) is 11.9. The topological polar surface area (TPSA) is 52.6 Å². The molecule has 0 aromatic heterocycles. The van der Waals surface area contributed by atoms with E-state index in [1.54, 1.807) is 0 Å². The van der Waals surface area contributed by atoms with Crippen molar-refractivity contribution in [1.29, 1.82) is 0 Å². The van der Waals surface area contributed by atoms with Gasteiger partial charge in [0, 0.05) is 12.8 Å². The lowest BCUT2D eigenvalue weighted by atomic mass is 10.1. The predicted molar refractivity (Wildman–Crippen MR) is 186 cm³/mol. The molecule has 4 rings (SSSR count). The second-order valence-electron chi connectivity index (χ2n) is 12.8. The van der Waals surface area contributed by atoms with Gasteiger partial charge in [0.2, 0.25) is 0 Å². The van der Waals surface area contributed by atoms with Crippen LogP contribution < -0.4 is 10.4 Å². The average Bonchev–Trinajstić information content (AvgIpc) is 3.05. The highest BCUT2D eigenvalue weighted by molar-refractivity contribution is 6.91. The summed E-state index contributed by atoms with van der Waals surface area (Å²) < 4.78 is 11.6. The SMILES string of the molecule is C[Si](C)(c1ccccc1)[C@@H](CC[C@@H](CC(=O)OCc1ccccc1)[Si](C)(C)c1ccccc1)CC(=O)OCc1ccccc1. The molecule has 0 spiro atoms. The van der Waals surface area contributed by atoms with Gasteiger partial charge in [-0.2, -0.15) is 0 Å². The first-order chi connectivity index (χ1) is 21.2. The van der Waals surface area contributed by atoms with Crippen LogP contribution in [0.1, 0.15) is 36.8 Å². The van der Waals surface area contributed by atoms with Crippen LogP contribution >= 0.6 is 0 Å². The summed E-state index contributed by atoms with van der Waals surface area (Å²) in [6.45, 7) is 10.0. The van der Waals surface area contributed by atoms with Crippen molar-refractivity contribution in [3.8, 4) is 0 Å². The standard InChI is InChI=1S/C38H46O4Si2/c1-43(2,33-21-13-7-14-22-33)35(27-37(39)41-29-31-17-9-5-10-18-31)25-26-36(44(3,4)34-23-15-8-16-24-34)28-38(40)42-30-32-19-11-6-12-20-32/h5-24,35-36H,25-30H2,1-4H3/t35-,36-/m0/s1. The molecule has 0 radical (unpaired) electrons. The molecule has 2 atom stereocenters. The predicted octanol–water partition coefficient (Wildman–Crippen LogP) is 8.01. The molecular weight excluding hydrogens is 577 g/mol. The van der Waals surface area contributed by atoms with Crippen molar-refractivity contribution < 1.29 is 19.1 Å². The number of ether oxygens (including phenoxy) is 2. The van der Waals surface area contributed by atoms with E-state index in [9.17, 15) is 9.59 Å². The molecule has 6 heteroatoms. The molecule has 0 N–H and O–H groups in total. The number of carbonyl (C=O) groups is 2. The van der Waals surface area contributed by atoms with Crippen LogP contribution in [-0.4, -0.2) is 28.1 Å². The highest BCUT2D eigenvalue weighted by Crippen LogP contribution is 2.38. The van der Waals surface area contributed by atoms with Gasteiger partial charge in [0.05, 0.1) is 16.1 Å². The van der Waals surface area contributed by atoms with Crippen LogP contribution in [0.2, 0.25) is 37.3 Å². The second-order valence-corrected chi connectivity index (χ2v) is 22.5. The lowest BCUT2D eigenvalue weighted by molar-refractivity contribution is -0.146. The quantitative estimate of drug-likeness (QED) is 0.0996. The molecular formula is C38H46O4Si2. The third-order valence-electron chi connectivity index (χ3n) is 9.25. The van der Waals surface area contributed by atoms with E-state index in [1.807, 2.05) is 72.8 Å². The summed E-state index contributed by atoms with van der Waals surface area (Å²) in [7, 11) is -4.17. The molecule has 0 aliphatic carbocycles. The summed E-state index contributed by atoms with van der Waals surface area (Å²) in [5.74, 6) is -0.317. The lowest BCUT2D eigenvalue weighted by Gasteiger charge is -2.37. The van der Waals surface area contributed by atoms with E-state index in [-0.39, 0.29) is 36.2 Å². The Morgan fingerprint density at radius 1 is 0.500 bits per heavy atom. The number of benzene rings is 4. The van der Waals surface area contributed by atoms with Crippen LogP contribution in [0, 0.1) is 0 Å². The fraction of sp³-hybridized carbons (Fsp3) is 0.316. The van der Waals surface area contributed by atoms with Crippen molar-refractivity contribution in [2.75, 3.05) is 0 Å². The van der Waals surface area contributed by atoms with Crippen LogP contribution in [0.4, 0.5) is 0 Å². The maximum atomic E-state index is 13.3. The second kappa shape index (κ2) is 15.8. The van der Waals surface area contributed by atoms with E-state index < -0.39 is 16.1 Å². The highest BCUT2D eigenvalue weighted by Gasteiger charge is 2.39. The van der Waals surface area contributed by atoms with Gasteiger partial charge < -0.3 is 9.47 Å². The molecule has 0 saturated heterocycles. The zero-order chi connectivity index (χ0) is 31.4. The van der Waals surface area contributed by atoms with Crippen LogP contribution in [0.15, 0.2) is 121 Å². The number of hydrogen-bond donors (Lipinski definition) is 0. The first-order valence-corrected chi connectivity index (χ1v) is 21.8. The van der Waals surface area contributed by atoms with Gasteiger partial charge in [-0.1, -0.05) is 171 Å². The monoisotopic (exact) mass is 622 g/mol. The molecule has 0 amide bonds. The molecule has 0 bridgehead atoms. The van der Waals surface area contributed by atoms with E-state index in [4.69, 9.17) is 9.47 Å². The van der Waals surface area contributed by atoms with Gasteiger partial charge in [-0.3, -0.25) is 9.59 Å². The van der Waals surface area contributed by atoms with Crippen LogP contribution in [0.3, 0.4) is 0 Å². The summed E-state index contributed by atoms with van der Waals surface area (Å²) in [5.41, 5.74) is 2.30. The number of rotatable bonds is 15. The third-order valence-corrected chi connectivity index (χ3v) is 18.0. The Morgan fingerprint density at radius 2 is 0.795 bits per heavy atom. The smallest absolute Gasteiger partial charge is 0.306 e. The Bertz CT molecular complexity index is 1330. The molecule has 0 unspecified atom stereocenters. The fourth-order valence-corrected chi connectivity index (χ4v) is 12.2. The minimum absolute atomic E-state index is 0.159. The average molecular weight is 623 g/mol. The fourth-order valence-electron chi connectivity index (χ4n) is 6.04. The van der Waals surface area contributed by atoms with Crippen molar-refractivity contribution in [3.05, 3.63) is 132 Å². The molecule has 4 nitrogen and oxygen atoms in total. The summed E-state index contributed by atoms with van der Waals surface area (Å²) in [5, 5.41) is 2.67. The van der Waals surface area contributed by atoms with Gasteiger partial charge in [0.1, 0.15) is 13.2 Å². The maximum absolute atomic E-state index is 13.3. The summed E-state index contributed by atoms with van der Waals surface area (Å²) in [4.78, 5) is 26.6. The zero-order valence-corrected chi connectivity index (χ0v) is 28.6. The number of esters is 2. The normalized spacial score (nSPS) is 13.1. The van der Waals surface area contributed by atoms with Crippen LogP contribution in [0.5, 0.6) is 0 Å². The number of hydrogen-bond acceptors (Lipinski definition) is 4. The molecule has 0 fully saturated rings. The molecule has 44 heavy (non-hydrogen) atoms. The zero-order valence-electron chi connectivity index (χ0n) is 26.6. The molecule has 4 aromatic rings. The van der Waals surface area contributed by atoms with E-state index in [0.29, 0.717) is 12.8 Å². The summed E-state index contributed by atoms with van der Waals surface area (Å²) >= 11 is 0. The van der Waals surface area contributed by atoms with E-state index in [0.717, 1.165) is 24.0 Å². The van der Waals surface area contributed by atoms with Crippen LogP contribution in [-0.2, 0) is 32.3 Å². The molecule has 0 saturated carbocycles. The van der Waals surface area contributed by atoms with Crippen molar-refractivity contribution in [2.45, 2.75) is 76.2 Å². The van der Waals surface area contributed by atoms with E-state index in [1.165, 1.54) is 10.4 Å². The van der Waals surface area contributed by atoms with Gasteiger partial charge >= 0.3 is 11.9 Å². The highest BCUT2D eigenvalue weighted by atomic mass is 28.3. The maximum Gasteiger partial charge on any atom is 0.306 e. The molecule has 0 aliphatic rings. The van der Waals surface area contributed by atoms with Gasteiger partial charge in [-0.25, -0.2) is 0 Å². The molecule has 230 valence electrons. The van der Waals surface area contributed by atoms with Crippen LogP contribution in [0.25, 0.3) is 0 Å². The molecule has 0 heterocycles. The Hall–Kier alpha value is -3.75. The van der Waals surface area contributed by atoms with E-state index in [2.05, 4.69) is 74.7 Å². The van der Waals surface area contributed by atoms with Gasteiger partial charge in [0.25, 0.3) is 0 Å². The van der Waals surface area contributed by atoms with Gasteiger partial charge in [-0.05, 0) is 22.2 Å². The molecule has 4 aromatic carbocycles. The Morgan fingerprint density at radius 3 is 1.11 bits per heavy atom. The minimum atomic E-state index is -2.09. The van der Waals surface area contributed by atoms with Crippen molar-refractivity contribution >= 4 is 38.5 Å². The van der Waals surface area contributed by atoms with Crippen molar-refractivity contribution in [3.63, 3.8) is 0 Å². The first kappa shape index (κ1) is 33.2. The summed E-state index contributed by atoms with van der Waals surface area (Å²) in [6.07, 6.45) is 2.46. The molecule has 0 aliphatic heterocycles.